The van der Waals surface area contributed by atoms with Crippen LogP contribution in [0.2, 0.25) is 0 Å². The van der Waals surface area contributed by atoms with Gasteiger partial charge in [-0.05, 0) is 31.4 Å². The molecule has 0 fully saturated rings. The van der Waals surface area contributed by atoms with Crippen molar-refractivity contribution in [2.24, 2.45) is 5.92 Å². The third kappa shape index (κ3) is 3.16. The lowest BCUT2D eigenvalue weighted by molar-refractivity contribution is 0.484. The zero-order valence-corrected chi connectivity index (χ0v) is 12.0. The number of nitrogens with one attached hydrogen (secondary N) is 1. The lowest BCUT2D eigenvalue weighted by Crippen LogP contribution is -2.19. The van der Waals surface area contributed by atoms with Gasteiger partial charge in [0.05, 0.1) is 11.4 Å². The van der Waals surface area contributed by atoms with E-state index in [-0.39, 0.29) is 0 Å². The van der Waals surface area contributed by atoms with Gasteiger partial charge in [0.25, 0.3) is 0 Å². The lowest BCUT2D eigenvalue weighted by atomic mass is 10.00. The Morgan fingerprint density at radius 3 is 2.79 bits per heavy atom. The molecule has 1 aromatic heterocycles. The average molecular weight is 257 g/mol. The first-order chi connectivity index (χ1) is 9.11. The Labute approximate surface area is 115 Å². The number of benzene rings is 1. The molecule has 0 spiro atoms. The fourth-order valence-electron chi connectivity index (χ4n) is 2.41. The topological polar surface area (TPSA) is 50.9 Å². The van der Waals surface area contributed by atoms with Gasteiger partial charge in [-0.3, -0.25) is 4.98 Å². The Bertz CT molecular complexity index is 551. The number of anilines is 2. The third-order valence-corrected chi connectivity index (χ3v) is 3.72. The first-order valence-electron chi connectivity index (χ1n) is 7.00. The number of rotatable bonds is 5. The van der Waals surface area contributed by atoms with Crippen LogP contribution in [0.5, 0.6) is 0 Å². The van der Waals surface area contributed by atoms with Crippen molar-refractivity contribution in [3.8, 4) is 0 Å². The minimum absolute atomic E-state index is 0.427. The summed E-state index contributed by atoms with van der Waals surface area (Å²) in [6.07, 6.45) is 6.00. The molecule has 3 nitrogen and oxygen atoms in total. The first-order valence-corrected chi connectivity index (χ1v) is 7.00. The molecule has 3 N–H and O–H groups in total. The SMILES string of the molecule is CCC(C)CC(C)Nc1ccc2cnccc2c1N. The van der Waals surface area contributed by atoms with Crippen LogP contribution < -0.4 is 11.1 Å². The number of fused-ring (bicyclic) bond motifs is 1. The molecule has 3 heteroatoms. The van der Waals surface area contributed by atoms with E-state index in [1.807, 2.05) is 18.3 Å². The molecular formula is C16H23N3. The first kappa shape index (κ1) is 13.7. The van der Waals surface area contributed by atoms with Crippen LogP contribution in [0.15, 0.2) is 30.6 Å². The van der Waals surface area contributed by atoms with Crippen molar-refractivity contribution in [3.05, 3.63) is 30.6 Å². The van der Waals surface area contributed by atoms with E-state index in [4.69, 9.17) is 5.73 Å². The molecule has 19 heavy (non-hydrogen) atoms. The van der Waals surface area contributed by atoms with E-state index in [0.717, 1.165) is 34.5 Å². The van der Waals surface area contributed by atoms with E-state index in [0.29, 0.717) is 6.04 Å². The summed E-state index contributed by atoms with van der Waals surface area (Å²) in [5.41, 5.74) is 8.08. The molecule has 2 rings (SSSR count). The quantitative estimate of drug-likeness (QED) is 0.794. The summed E-state index contributed by atoms with van der Waals surface area (Å²) in [5, 5.41) is 5.67. The predicted molar refractivity (Wildman–Crippen MR) is 83.3 cm³/mol. The Balaban J connectivity index is 2.19. The lowest BCUT2D eigenvalue weighted by Gasteiger charge is -2.20. The van der Waals surface area contributed by atoms with E-state index < -0.39 is 0 Å². The van der Waals surface area contributed by atoms with Crippen molar-refractivity contribution in [1.29, 1.82) is 0 Å². The zero-order valence-electron chi connectivity index (χ0n) is 12.0. The Hall–Kier alpha value is -1.77. The van der Waals surface area contributed by atoms with Crippen LogP contribution in [-0.2, 0) is 0 Å². The molecule has 2 atom stereocenters. The normalized spacial score (nSPS) is 14.3. The van der Waals surface area contributed by atoms with E-state index in [2.05, 4.69) is 37.1 Å². The van der Waals surface area contributed by atoms with Gasteiger partial charge in [0.1, 0.15) is 0 Å². The molecule has 0 saturated heterocycles. The minimum Gasteiger partial charge on any atom is -0.397 e. The molecule has 0 aliphatic carbocycles. The molecule has 0 saturated carbocycles. The van der Waals surface area contributed by atoms with Gasteiger partial charge in [-0.2, -0.15) is 0 Å². The molecule has 2 unspecified atom stereocenters. The third-order valence-electron chi connectivity index (χ3n) is 3.72. The van der Waals surface area contributed by atoms with Gasteiger partial charge >= 0.3 is 0 Å². The van der Waals surface area contributed by atoms with Gasteiger partial charge in [-0.1, -0.05) is 26.3 Å². The number of nitrogens with two attached hydrogens (primary N) is 1. The summed E-state index contributed by atoms with van der Waals surface area (Å²) in [6, 6.07) is 6.51. The van der Waals surface area contributed by atoms with Crippen molar-refractivity contribution >= 4 is 22.1 Å². The second-order valence-electron chi connectivity index (χ2n) is 5.42. The van der Waals surface area contributed by atoms with Crippen molar-refractivity contribution in [3.63, 3.8) is 0 Å². The molecule has 0 radical (unpaired) electrons. The van der Waals surface area contributed by atoms with Crippen LogP contribution in [0.3, 0.4) is 0 Å². The minimum atomic E-state index is 0.427. The highest BCUT2D eigenvalue weighted by Crippen LogP contribution is 2.29. The van der Waals surface area contributed by atoms with Crippen molar-refractivity contribution in [2.45, 2.75) is 39.7 Å². The van der Waals surface area contributed by atoms with E-state index in [9.17, 15) is 0 Å². The molecule has 1 aromatic carbocycles. The standard InChI is InChI=1S/C16H23N3/c1-4-11(2)9-12(3)19-15-6-5-13-10-18-8-7-14(13)16(15)17/h5-8,10-12,19H,4,9,17H2,1-3H3. The number of hydrogen-bond acceptors (Lipinski definition) is 3. The summed E-state index contributed by atoms with van der Waals surface area (Å²) in [4.78, 5) is 4.12. The van der Waals surface area contributed by atoms with E-state index in [1.54, 1.807) is 6.20 Å². The van der Waals surface area contributed by atoms with Crippen LogP contribution in [0.25, 0.3) is 10.8 Å². The predicted octanol–water partition coefficient (Wildman–Crippen LogP) is 4.05. The van der Waals surface area contributed by atoms with Crippen LogP contribution in [0, 0.1) is 5.92 Å². The fourth-order valence-corrected chi connectivity index (χ4v) is 2.41. The maximum absolute atomic E-state index is 6.24. The molecule has 0 aliphatic rings. The molecular weight excluding hydrogens is 234 g/mol. The summed E-state index contributed by atoms with van der Waals surface area (Å²) >= 11 is 0. The van der Waals surface area contributed by atoms with E-state index >= 15 is 0 Å². The number of aromatic nitrogens is 1. The maximum Gasteiger partial charge on any atom is 0.0630 e. The van der Waals surface area contributed by atoms with Crippen molar-refractivity contribution in [1.82, 2.24) is 4.98 Å². The van der Waals surface area contributed by atoms with Crippen LogP contribution in [0.1, 0.15) is 33.6 Å². The summed E-state index contributed by atoms with van der Waals surface area (Å²) < 4.78 is 0. The summed E-state index contributed by atoms with van der Waals surface area (Å²) in [5.74, 6) is 0.730. The smallest absolute Gasteiger partial charge is 0.0630 e. The summed E-state index contributed by atoms with van der Waals surface area (Å²) in [6.45, 7) is 6.73. The number of hydrogen-bond donors (Lipinski definition) is 2. The molecule has 0 bridgehead atoms. The van der Waals surface area contributed by atoms with Crippen molar-refractivity contribution < 1.29 is 0 Å². The van der Waals surface area contributed by atoms with Gasteiger partial charge in [0.15, 0.2) is 0 Å². The second-order valence-corrected chi connectivity index (χ2v) is 5.42. The maximum atomic E-state index is 6.24. The highest BCUT2D eigenvalue weighted by molar-refractivity contribution is 5.98. The second kappa shape index (κ2) is 5.91. The van der Waals surface area contributed by atoms with Gasteiger partial charge in [0, 0.05) is 29.2 Å². The average Bonchev–Trinajstić information content (AvgIpc) is 2.42. The molecule has 0 aliphatic heterocycles. The molecule has 2 aromatic rings. The van der Waals surface area contributed by atoms with Gasteiger partial charge in [0.2, 0.25) is 0 Å². The van der Waals surface area contributed by atoms with Gasteiger partial charge in [-0.25, -0.2) is 0 Å². The zero-order chi connectivity index (χ0) is 13.8. The van der Waals surface area contributed by atoms with Gasteiger partial charge < -0.3 is 11.1 Å². The highest BCUT2D eigenvalue weighted by Gasteiger charge is 2.10. The molecule has 0 amide bonds. The highest BCUT2D eigenvalue weighted by atomic mass is 14.9. The van der Waals surface area contributed by atoms with Crippen LogP contribution in [0.4, 0.5) is 11.4 Å². The molecule has 102 valence electrons. The number of nitrogen functional groups attached to an aromatic ring is 1. The summed E-state index contributed by atoms with van der Waals surface area (Å²) in [7, 11) is 0. The Kier molecular flexibility index (Phi) is 4.25. The van der Waals surface area contributed by atoms with Crippen LogP contribution >= 0.6 is 0 Å². The Morgan fingerprint density at radius 1 is 1.26 bits per heavy atom. The van der Waals surface area contributed by atoms with Crippen LogP contribution in [-0.4, -0.2) is 11.0 Å². The van der Waals surface area contributed by atoms with Gasteiger partial charge in [-0.15, -0.1) is 0 Å². The fraction of sp³-hybridized carbons (Fsp3) is 0.438. The monoisotopic (exact) mass is 257 g/mol. The van der Waals surface area contributed by atoms with Crippen molar-refractivity contribution in [2.75, 3.05) is 11.1 Å². The Morgan fingerprint density at radius 2 is 2.05 bits per heavy atom. The van der Waals surface area contributed by atoms with E-state index in [1.165, 1.54) is 6.42 Å². The number of nitrogens with zero attached hydrogens (tertiary/aromatic N) is 1. The molecule has 1 heterocycles. The largest absolute Gasteiger partial charge is 0.397 e. The number of pyridine rings is 1.